The first-order valence-corrected chi connectivity index (χ1v) is 8.87. The third kappa shape index (κ3) is 5.28. The van der Waals surface area contributed by atoms with Gasteiger partial charge in [0.1, 0.15) is 17.4 Å². The Morgan fingerprint density at radius 3 is 2.31 bits per heavy atom. The number of nitrogens with zero attached hydrogens (tertiary/aromatic N) is 2. The van der Waals surface area contributed by atoms with E-state index in [4.69, 9.17) is 9.47 Å². The molecule has 1 aliphatic rings. The second-order valence-corrected chi connectivity index (χ2v) is 7.35. The van der Waals surface area contributed by atoms with E-state index in [-0.39, 0.29) is 5.91 Å². The first kappa shape index (κ1) is 19.9. The average molecular weight is 363 g/mol. The Bertz CT molecular complexity index is 634. The van der Waals surface area contributed by atoms with Crippen LogP contribution in [0.2, 0.25) is 0 Å². The maximum absolute atomic E-state index is 12.6. The molecule has 0 radical (unpaired) electrons. The Balaban J connectivity index is 1.88. The number of carbonyl (C=O) groups is 2. The topological polar surface area (TPSA) is 71.1 Å². The first-order chi connectivity index (χ1) is 12.2. The molecule has 2 amide bonds. The molecule has 1 atom stereocenters. The zero-order valence-corrected chi connectivity index (χ0v) is 16.2. The highest BCUT2D eigenvalue weighted by Gasteiger charge is 2.28. The second-order valence-electron chi connectivity index (χ2n) is 7.35. The summed E-state index contributed by atoms with van der Waals surface area (Å²) < 4.78 is 10.6. The van der Waals surface area contributed by atoms with Gasteiger partial charge in [0.2, 0.25) is 5.91 Å². The van der Waals surface area contributed by atoms with E-state index in [1.54, 1.807) is 39.7 Å². The van der Waals surface area contributed by atoms with Gasteiger partial charge in [0.25, 0.3) is 0 Å². The van der Waals surface area contributed by atoms with Crippen LogP contribution in [-0.4, -0.2) is 61.8 Å². The summed E-state index contributed by atoms with van der Waals surface area (Å²) in [5.74, 6) is 0.725. The molecule has 0 bridgehead atoms. The van der Waals surface area contributed by atoms with E-state index in [1.807, 2.05) is 24.3 Å². The van der Waals surface area contributed by atoms with Gasteiger partial charge in [-0.1, -0.05) is 12.1 Å². The number of carbonyl (C=O) groups excluding carboxylic acids is 2. The molecular weight excluding hydrogens is 334 g/mol. The quantitative estimate of drug-likeness (QED) is 0.888. The fourth-order valence-electron chi connectivity index (χ4n) is 2.88. The Hall–Kier alpha value is -2.44. The molecule has 0 aliphatic carbocycles. The zero-order valence-electron chi connectivity index (χ0n) is 16.2. The van der Waals surface area contributed by atoms with Crippen molar-refractivity contribution in [1.82, 2.24) is 10.2 Å². The molecule has 2 rings (SSSR count). The highest BCUT2D eigenvalue weighted by Crippen LogP contribution is 2.28. The number of alkyl carbamates (subject to hydrolysis) is 1. The lowest BCUT2D eigenvalue weighted by molar-refractivity contribution is -0.133. The molecule has 26 heavy (non-hydrogen) atoms. The Kier molecular flexibility index (Phi) is 6.34. The van der Waals surface area contributed by atoms with Gasteiger partial charge in [-0.25, -0.2) is 4.79 Å². The molecule has 144 valence electrons. The van der Waals surface area contributed by atoms with Crippen LogP contribution in [0.15, 0.2) is 24.3 Å². The van der Waals surface area contributed by atoms with Gasteiger partial charge in [0.15, 0.2) is 0 Å². The number of amides is 2. The third-order valence-electron chi connectivity index (χ3n) is 4.12. The molecule has 0 spiro atoms. The normalized spacial score (nSPS) is 16.0. The molecule has 0 saturated carbocycles. The Labute approximate surface area is 155 Å². The predicted octanol–water partition coefficient (Wildman–Crippen LogP) is 2.26. The SMILES string of the molecule is COc1ccccc1N1CCN(C(=O)[C@@H](C)NC(=O)OC(C)(C)C)CC1. The highest BCUT2D eigenvalue weighted by molar-refractivity contribution is 5.85. The van der Waals surface area contributed by atoms with Crippen LogP contribution >= 0.6 is 0 Å². The van der Waals surface area contributed by atoms with Crippen molar-refractivity contribution in [2.45, 2.75) is 39.3 Å². The van der Waals surface area contributed by atoms with Gasteiger partial charge in [0.05, 0.1) is 12.8 Å². The molecule has 1 aromatic rings. The lowest BCUT2D eigenvalue weighted by Crippen LogP contribution is -2.54. The Morgan fingerprint density at radius 2 is 1.73 bits per heavy atom. The van der Waals surface area contributed by atoms with E-state index in [9.17, 15) is 9.59 Å². The van der Waals surface area contributed by atoms with Crippen LogP contribution in [0.25, 0.3) is 0 Å². The molecule has 1 N–H and O–H groups in total. The third-order valence-corrected chi connectivity index (χ3v) is 4.12. The van der Waals surface area contributed by atoms with Crippen molar-refractivity contribution in [3.8, 4) is 5.75 Å². The zero-order chi connectivity index (χ0) is 19.3. The molecule has 7 nitrogen and oxygen atoms in total. The monoisotopic (exact) mass is 363 g/mol. The summed E-state index contributed by atoms with van der Waals surface area (Å²) in [5.41, 5.74) is 0.440. The van der Waals surface area contributed by atoms with Gasteiger partial charge < -0.3 is 24.6 Å². The minimum absolute atomic E-state index is 0.101. The summed E-state index contributed by atoms with van der Waals surface area (Å²) in [4.78, 5) is 28.4. The summed E-state index contributed by atoms with van der Waals surface area (Å²) >= 11 is 0. The van der Waals surface area contributed by atoms with E-state index in [0.717, 1.165) is 11.4 Å². The largest absolute Gasteiger partial charge is 0.495 e. The summed E-state index contributed by atoms with van der Waals surface area (Å²) in [6, 6.07) is 7.24. The fourth-order valence-corrected chi connectivity index (χ4v) is 2.88. The summed E-state index contributed by atoms with van der Waals surface area (Å²) in [6.07, 6.45) is -0.578. The van der Waals surface area contributed by atoms with Gasteiger partial charge in [-0.3, -0.25) is 4.79 Å². The molecule has 1 saturated heterocycles. The smallest absolute Gasteiger partial charge is 0.408 e. The van der Waals surface area contributed by atoms with E-state index >= 15 is 0 Å². The molecule has 1 aromatic carbocycles. The van der Waals surface area contributed by atoms with Crippen molar-refractivity contribution in [2.24, 2.45) is 0 Å². The number of piperazine rings is 1. The number of methoxy groups -OCH3 is 1. The lowest BCUT2D eigenvalue weighted by atomic mass is 10.2. The second kappa shape index (κ2) is 8.29. The number of hydrogen-bond donors (Lipinski definition) is 1. The van der Waals surface area contributed by atoms with Gasteiger partial charge in [0, 0.05) is 26.2 Å². The lowest BCUT2D eigenvalue weighted by Gasteiger charge is -2.37. The number of para-hydroxylation sites is 2. The van der Waals surface area contributed by atoms with E-state index in [2.05, 4.69) is 10.2 Å². The average Bonchev–Trinajstić information content (AvgIpc) is 2.59. The van der Waals surface area contributed by atoms with Crippen molar-refractivity contribution >= 4 is 17.7 Å². The summed E-state index contributed by atoms with van der Waals surface area (Å²) in [7, 11) is 1.66. The highest BCUT2D eigenvalue weighted by atomic mass is 16.6. The number of hydrogen-bond acceptors (Lipinski definition) is 5. The van der Waals surface area contributed by atoms with Crippen LogP contribution in [0.4, 0.5) is 10.5 Å². The number of rotatable bonds is 4. The minimum atomic E-state index is -0.623. The first-order valence-electron chi connectivity index (χ1n) is 8.87. The number of nitrogens with one attached hydrogen (secondary N) is 1. The summed E-state index contributed by atoms with van der Waals surface area (Å²) in [5, 5.41) is 2.61. The summed E-state index contributed by atoms with van der Waals surface area (Å²) in [6.45, 7) is 9.66. The molecule has 7 heteroatoms. The molecule has 0 unspecified atom stereocenters. The number of ether oxygens (including phenoxy) is 2. The predicted molar refractivity (Wildman–Crippen MR) is 101 cm³/mol. The van der Waals surface area contributed by atoms with Crippen LogP contribution in [-0.2, 0) is 9.53 Å². The van der Waals surface area contributed by atoms with Crippen LogP contribution in [0.5, 0.6) is 5.75 Å². The molecule has 1 fully saturated rings. The van der Waals surface area contributed by atoms with Crippen LogP contribution in [0.1, 0.15) is 27.7 Å². The van der Waals surface area contributed by atoms with E-state index < -0.39 is 17.7 Å². The van der Waals surface area contributed by atoms with Crippen LogP contribution in [0, 0.1) is 0 Å². The van der Waals surface area contributed by atoms with E-state index in [0.29, 0.717) is 26.2 Å². The number of anilines is 1. The van der Waals surface area contributed by atoms with Crippen molar-refractivity contribution < 1.29 is 19.1 Å². The molecular formula is C19H29N3O4. The molecule has 1 aliphatic heterocycles. The minimum Gasteiger partial charge on any atom is -0.495 e. The number of benzene rings is 1. The van der Waals surface area contributed by atoms with Crippen molar-refractivity contribution in [1.29, 1.82) is 0 Å². The standard InChI is InChI=1S/C19H29N3O4/c1-14(20-18(24)26-19(2,3)4)17(23)22-12-10-21(11-13-22)15-8-6-7-9-16(15)25-5/h6-9,14H,10-13H2,1-5H3,(H,20,24)/t14-/m1/s1. The van der Waals surface area contributed by atoms with Crippen molar-refractivity contribution in [3.63, 3.8) is 0 Å². The maximum Gasteiger partial charge on any atom is 0.408 e. The van der Waals surface area contributed by atoms with Crippen LogP contribution < -0.4 is 15.0 Å². The van der Waals surface area contributed by atoms with Gasteiger partial charge in [-0.15, -0.1) is 0 Å². The van der Waals surface area contributed by atoms with Crippen molar-refractivity contribution in [3.05, 3.63) is 24.3 Å². The van der Waals surface area contributed by atoms with Gasteiger partial charge in [-0.2, -0.15) is 0 Å². The molecule has 0 aromatic heterocycles. The fraction of sp³-hybridized carbons (Fsp3) is 0.579. The van der Waals surface area contributed by atoms with Gasteiger partial charge in [-0.05, 0) is 39.8 Å². The molecule has 1 heterocycles. The van der Waals surface area contributed by atoms with Crippen LogP contribution in [0.3, 0.4) is 0 Å². The van der Waals surface area contributed by atoms with Crippen molar-refractivity contribution in [2.75, 3.05) is 38.2 Å². The van der Waals surface area contributed by atoms with Gasteiger partial charge >= 0.3 is 6.09 Å². The Morgan fingerprint density at radius 1 is 1.12 bits per heavy atom. The van der Waals surface area contributed by atoms with E-state index in [1.165, 1.54) is 0 Å². The maximum atomic E-state index is 12.6.